The molecule has 0 spiro atoms. The summed E-state index contributed by atoms with van der Waals surface area (Å²) in [5, 5.41) is 3.40. The lowest BCUT2D eigenvalue weighted by molar-refractivity contribution is 0.596. The summed E-state index contributed by atoms with van der Waals surface area (Å²) in [6.07, 6.45) is 1.96. The van der Waals surface area contributed by atoms with Gasteiger partial charge >= 0.3 is 0 Å². The summed E-state index contributed by atoms with van der Waals surface area (Å²) in [6.45, 7) is 6.12. The van der Waals surface area contributed by atoms with Gasteiger partial charge in [-0.15, -0.1) is 0 Å². The molecule has 0 aliphatic rings. The van der Waals surface area contributed by atoms with E-state index in [1.807, 2.05) is 12.3 Å². The molecule has 0 saturated heterocycles. The number of hydrogen-bond acceptors (Lipinski definition) is 3. The molecule has 0 aliphatic heterocycles. The second-order valence-corrected chi connectivity index (χ2v) is 5.07. The first-order valence-electron chi connectivity index (χ1n) is 7.15. The van der Waals surface area contributed by atoms with Crippen LogP contribution in [0, 0.1) is 0 Å². The Hall–Kier alpha value is -1.87. The van der Waals surface area contributed by atoms with Crippen molar-refractivity contribution in [1.29, 1.82) is 0 Å². The zero-order chi connectivity index (χ0) is 14.4. The monoisotopic (exact) mass is 269 g/mol. The van der Waals surface area contributed by atoms with E-state index in [9.17, 15) is 0 Å². The van der Waals surface area contributed by atoms with Crippen LogP contribution >= 0.6 is 0 Å². The van der Waals surface area contributed by atoms with E-state index in [4.69, 9.17) is 0 Å². The van der Waals surface area contributed by atoms with Crippen LogP contribution in [-0.4, -0.2) is 18.6 Å². The van der Waals surface area contributed by atoms with Crippen molar-refractivity contribution in [2.75, 3.05) is 18.5 Å². The molecule has 1 aromatic carbocycles. The third-order valence-electron chi connectivity index (χ3n) is 3.43. The Labute approximate surface area is 121 Å². The second-order valence-electron chi connectivity index (χ2n) is 5.07. The number of rotatable bonds is 6. The molecule has 0 fully saturated rings. The van der Waals surface area contributed by atoms with Gasteiger partial charge in [-0.05, 0) is 30.7 Å². The largest absolute Gasteiger partial charge is 0.355 e. The molecule has 0 bridgehead atoms. The van der Waals surface area contributed by atoms with E-state index in [1.165, 1.54) is 11.1 Å². The van der Waals surface area contributed by atoms with Crippen molar-refractivity contribution >= 4 is 5.82 Å². The Morgan fingerprint density at radius 3 is 2.50 bits per heavy atom. The van der Waals surface area contributed by atoms with Crippen LogP contribution in [0.2, 0.25) is 0 Å². The van der Waals surface area contributed by atoms with Crippen molar-refractivity contribution in [2.24, 2.45) is 0 Å². The predicted octanol–water partition coefficient (Wildman–Crippen LogP) is 3.39. The Bertz CT molecular complexity index is 508. The van der Waals surface area contributed by atoms with E-state index in [0.717, 1.165) is 18.9 Å². The molecule has 0 amide bonds. The molecule has 1 unspecified atom stereocenters. The topological polar surface area (TPSA) is 28.2 Å². The lowest BCUT2D eigenvalue weighted by Gasteiger charge is -2.19. The number of aromatic nitrogens is 1. The first-order chi connectivity index (χ1) is 9.70. The van der Waals surface area contributed by atoms with Crippen molar-refractivity contribution in [3.63, 3.8) is 0 Å². The summed E-state index contributed by atoms with van der Waals surface area (Å²) < 4.78 is 0. The smallest absolute Gasteiger partial charge is 0.128 e. The SMILES string of the molecule is CCNC(C)c1ccc(N(C)Cc2ccccc2)nc1. The highest BCUT2D eigenvalue weighted by molar-refractivity contribution is 5.40. The van der Waals surface area contributed by atoms with E-state index in [-0.39, 0.29) is 0 Å². The Balaban J connectivity index is 2.02. The van der Waals surface area contributed by atoms with Crippen molar-refractivity contribution in [3.8, 4) is 0 Å². The first-order valence-corrected chi connectivity index (χ1v) is 7.15. The number of nitrogens with zero attached hydrogens (tertiary/aromatic N) is 2. The maximum absolute atomic E-state index is 4.56. The highest BCUT2D eigenvalue weighted by Gasteiger charge is 2.06. The van der Waals surface area contributed by atoms with Crippen LogP contribution in [0.4, 0.5) is 5.82 Å². The van der Waals surface area contributed by atoms with Crippen LogP contribution in [0.25, 0.3) is 0 Å². The Kier molecular flexibility index (Phi) is 5.13. The van der Waals surface area contributed by atoms with Gasteiger partial charge in [0.1, 0.15) is 5.82 Å². The fraction of sp³-hybridized carbons (Fsp3) is 0.353. The van der Waals surface area contributed by atoms with Gasteiger partial charge in [-0.1, -0.05) is 43.3 Å². The molecule has 0 aliphatic carbocycles. The zero-order valence-corrected chi connectivity index (χ0v) is 12.5. The van der Waals surface area contributed by atoms with E-state index >= 15 is 0 Å². The summed E-state index contributed by atoms with van der Waals surface area (Å²) in [4.78, 5) is 6.73. The van der Waals surface area contributed by atoms with E-state index in [0.29, 0.717) is 6.04 Å². The van der Waals surface area contributed by atoms with E-state index in [1.54, 1.807) is 0 Å². The Morgan fingerprint density at radius 2 is 1.90 bits per heavy atom. The van der Waals surface area contributed by atoms with Crippen molar-refractivity contribution in [3.05, 3.63) is 59.8 Å². The predicted molar refractivity (Wildman–Crippen MR) is 84.9 cm³/mol. The molecule has 1 heterocycles. The molecule has 1 atom stereocenters. The lowest BCUT2D eigenvalue weighted by atomic mass is 10.1. The summed E-state index contributed by atoms with van der Waals surface area (Å²) in [6, 6.07) is 15.0. The summed E-state index contributed by atoms with van der Waals surface area (Å²) >= 11 is 0. The number of nitrogens with one attached hydrogen (secondary N) is 1. The third-order valence-corrected chi connectivity index (χ3v) is 3.43. The molecule has 3 heteroatoms. The van der Waals surface area contributed by atoms with Gasteiger partial charge in [0.25, 0.3) is 0 Å². The molecule has 20 heavy (non-hydrogen) atoms. The molecule has 1 aromatic heterocycles. The molecular formula is C17H23N3. The quantitative estimate of drug-likeness (QED) is 0.871. The first kappa shape index (κ1) is 14.5. The highest BCUT2D eigenvalue weighted by atomic mass is 15.2. The van der Waals surface area contributed by atoms with E-state index in [2.05, 4.69) is 72.5 Å². The van der Waals surface area contributed by atoms with Crippen LogP contribution in [0.5, 0.6) is 0 Å². The maximum atomic E-state index is 4.56. The summed E-state index contributed by atoms with van der Waals surface area (Å²) in [5.41, 5.74) is 2.52. The molecule has 106 valence electrons. The number of benzene rings is 1. The van der Waals surface area contributed by atoms with Gasteiger partial charge in [0.2, 0.25) is 0 Å². The van der Waals surface area contributed by atoms with Crippen LogP contribution < -0.4 is 10.2 Å². The molecule has 1 N–H and O–H groups in total. The van der Waals surface area contributed by atoms with Gasteiger partial charge in [0, 0.05) is 25.8 Å². The van der Waals surface area contributed by atoms with Gasteiger partial charge in [-0.25, -0.2) is 4.98 Å². The average Bonchev–Trinajstić information content (AvgIpc) is 2.48. The minimum Gasteiger partial charge on any atom is -0.355 e. The zero-order valence-electron chi connectivity index (χ0n) is 12.5. The van der Waals surface area contributed by atoms with Gasteiger partial charge in [-0.3, -0.25) is 0 Å². The second kappa shape index (κ2) is 7.06. The van der Waals surface area contributed by atoms with Crippen LogP contribution in [0.3, 0.4) is 0 Å². The van der Waals surface area contributed by atoms with Crippen molar-refractivity contribution < 1.29 is 0 Å². The molecular weight excluding hydrogens is 246 g/mol. The van der Waals surface area contributed by atoms with Gasteiger partial charge < -0.3 is 10.2 Å². The Morgan fingerprint density at radius 1 is 1.15 bits per heavy atom. The summed E-state index contributed by atoms with van der Waals surface area (Å²) in [7, 11) is 2.07. The van der Waals surface area contributed by atoms with Gasteiger partial charge in [-0.2, -0.15) is 0 Å². The van der Waals surface area contributed by atoms with Gasteiger partial charge in [0.05, 0.1) is 0 Å². The maximum Gasteiger partial charge on any atom is 0.128 e. The standard InChI is InChI=1S/C17H23N3/c1-4-18-14(2)16-10-11-17(19-12-16)20(3)13-15-8-6-5-7-9-15/h5-12,14,18H,4,13H2,1-3H3. The van der Waals surface area contributed by atoms with Crippen LogP contribution in [0.15, 0.2) is 48.7 Å². The highest BCUT2D eigenvalue weighted by Crippen LogP contribution is 2.16. The number of pyridine rings is 1. The molecule has 3 nitrogen and oxygen atoms in total. The van der Waals surface area contributed by atoms with Crippen molar-refractivity contribution in [2.45, 2.75) is 26.4 Å². The lowest BCUT2D eigenvalue weighted by Crippen LogP contribution is -2.20. The third kappa shape index (κ3) is 3.81. The molecule has 0 radical (unpaired) electrons. The van der Waals surface area contributed by atoms with Crippen molar-refractivity contribution in [1.82, 2.24) is 10.3 Å². The minimum absolute atomic E-state index is 0.348. The fourth-order valence-electron chi connectivity index (χ4n) is 2.24. The molecule has 2 aromatic rings. The van der Waals surface area contributed by atoms with E-state index < -0.39 is 0 Å². The molecule has 2 rings (SSSR count). The van der Waals surface area contributed by atoms with Crippen LogP contribution in [0.1, 0.15) is 31.0 Å². The minimum atomic E-state index is 0.348. The van der Waals surface area contributed by atoms with Gasteiger partial charge in [0.15, 0.2) is 0 Å². The molecule has 0 saturated carbocycles. The number of anilines is 1. The van der Waals surface area contributed by atoms with Crippen LogP contribution in [-0.2, 0) is 6.54 Å². The average molecular weight is 269 g/mol. The summed E-state index contributed by atoms with van der Waals surface area (Å²) in [5.74, 6) is 1.00. The normalized spacial score (nSPS) is 12.2. The fourth-order valence-corrected chi connectivity index (χ4v) is 2.24. The number of hydrogen-bond donors (Lipinski definition) is 1.